The molecule has 0 aliphatic carbocycles. The van der Waals surface area contributed by atoms with Crippen LogP contribution in [-0.4, -0.2) is 6.16 Å². The normalized spacial score (nSPS) is 11.2. The average Bonchev–Trinajstić information content (AvgIpc) is 2.44. The lowest BCUT2D eigenvalue weighted by molar-refractivity contribution is -0.137. The van der Waals surface area contributed by atoms with Gasteiger partial charge in [0.25, 0.3) is 0 Å². The third-order valence-electron chi connectivity index (χ3n) is 2.78. The van der Waals surface area contributed by atoms with E-state index in [-0.39, 0.29) is 11.5 Å². The molecule has 0 atom stereocenters. The maximum atomic E-state index is 12.7. The Labute approximate surface area is 139 Å². The van der Waals surface area contributed by atoms with Gasteiger partial charge in [0, 0.05) is 5.02 Å². The summed E-state index contributed by atoms with van der Waals surface area (Å²) >= 11 is 11.3. The molecular formula is C15H9Cl2F3O3. The number of hydrogen-bond acceptors (Lipinski definition) is 3. The molecule has 0 aliphatic heterocycles. The number of aryl methyl sites for hydroxylation is 1. The van der Waals surface area contributed by atoms with Gasteiger partial charge in [0.05, 0.1) is 10.6 Å². The van der Waals surface area contributed by atoms with E-state index in [1.54, 1.807) is 6.92 Å². The SMILES string of the molecule is Cc1cc(OC(=O)Oc2ccc(Cl)c(C(F)(F)F)c2)ccc1Cl. The Kier molecular flexibility index (Phi) is 5.06. The summed E-state index contributed by atoms with van der Waals surface area (Å²) in [6, 6.07) is 7.18. The van der Waals surface area contributed by atoms with Crippen molar-refractivity contribution in [3.8, 4) is 11.5 Å². The molecule has 2 aromatic carbocycles. The van der Waals surface area contributed by atoms with Crippen molar-refractivity contribution < 1.29 is 27.4 Å². The fourth-order valence-electron chi connectivity index (χ4n) is 1.68. The molecule has 0 unspecified atom stereocenters. The van der Waals surface area contributed by atoms with Gasteiger partial charge in [0.15, 0.2) is 0 Å². The van der Waals surface area contributed by atoms with Gasteiger partial charge in [-0.2, -0.15) is 13.2 Å². The number of benzene rings is 2. The van der Waals surface area contributed by atoms with Crippen LogP contribution in [0.1, 0.15) is 11.1 Å². The molecule has 0 radical (unpaired) electrons. The van der Waals surface area contributed by atoms with Crippen LogP contribution in [0.15, 0.2) is 36.4 Å². The molecule has 0 N–H and O–H groups in total. The van der Waals surface area contributed by atoms with Gasteiger partial charge in [-0.3, -0.25) is 0 Å². The Hall–Kier alpha value is -1.92. The van der Waals surface area contributed by atoms with Crippen molar-refractivity contribution >= 4 is 29.4 Å². The highest BCUT2D eigenvalue weighted by Gasteiger charge is 2.33. The highest BCUT2D eigenvalue weighted by molar-refractivity contribution is 6.31. The fraction of sp³-hybridized carbons (Fsp3) is 0.133. The zero-order chi connectivity index (χ0) is 17.2. The number of carbonyl (C=O) groups excluding carboxylic acids is 1. The number of halogens is 5. The largest absolute Gasteiger partial charge is 0.519 e. The highest BCUT2D eigenvalue weighted by Crippen LogP contribution is 2.36. The van der Waals surface area contributed by atoms with E-state index in [4.69, 9.17) is 32.7 Å². The van der Waals surface area contributed by atoms with Crippen LogP contribution in [0.3, 0.4) is 0 Å². The molecule has 3 nitrogen and oxygen atoms in total. The number of alkyl halides is 3. The quantitative estimate of drug-likeness (QED) is 0.491. The van der Waals surface area contributed by atoms with Crippen LogP contribution in [-0.2, 0) is 6.18 Å². The number of ether oxygens (including phenoxy) is 2. The van der Waals surface area contributed by atoms with E-state index in [1.165, 1.54) is 18.2 Å². The van der Waals surface area contributed by atoms with E-state index < -0.39 is 22.9 Å². The van der Waals surface area contributed by atoms with Crippen LogP contribution in [0.25, 0.3) is 0 Å². The van der Waals surface area contributed by atoms with Crippen LogP contribution in [0.2, 0.25) is 10.0 Å². The van der Waals surface area contributed by atoms with Crippen LogP contribution >= 0.6 is 23.2 Å². The van der Waals surface area contributed by atoms with Crippen molar-refractivity contribution in [3.63, 3.8) is 0 Å². The third-order valence-corrected chi connectivity index (χ3v) is 3.53. The number of rotatable bonds is 2. The first-order valence-corrected chi connectivity index (χ1v) is 6.95. The van der Waals surface area contributed by atoms with Gasteiger partial charge < -0.3 is 9.47 Å². The lowest BCUT2D eigenvalue weighted by Crippen LogP contribution is -2.14. The summed E-state index contributed by atoms with van der Waals surface area (Å²) in [7, 11) is 0. The predicted molar refractivity (Wildman–Crippen MR) is 79.3 cm³/mol. The summed E-state index contributed by atoms with van der Waals surface area (Å²) in [5.41, 5.74) is -0.436. The van der Waals surface area contributed by atoms with Gasteiger partial charge in [-0.15, -0.1) is 0 Å². The Morgan fingerprint density at radius 1 is 0.957 bits per heavy atom. The molecular weight excluding hydrogens is 356 g/mol. The summed E-state index contributed by atoms with van der Waals surface area (Å²) in [4.78, 5) is 11.6. The van der Waals surface area contributed by atoms with Crippen LogP contribution in [0.4, 0.5) is 18.0 Å². The molecule has 0 spiro atoms. The molecule has 0 heterocycles. The average molecular weight is 365 g/mol. The lowest BCUT2D eigenvalue weighted by Gasteiger charge is -2.11. The second-order valence-corrected chi connectivity index (χ2v) is 5.32. The van der Waals surface area contributed by atoms with Crippen molar-refractivity contribution in [3.05, 3.63) is 57.6 Å². The van der Waals surface area contributed by atoms with E-state index in [0.29, 0.717) is 16.7 Å². The minimum absolute atomic E-state index is 0.155. The summed E-state index contributed by atoms with van der Waals surface area (Å²) in [6.07, 6.45) is -5.84. The monoisotopic (exact) mass is 364 g/mol. The van der Waals surface area contributed by atoms with E-state index in [1.807, 2.05) is 0 Å². The van der Waals surface area contributed by atoms with Crippen molar-refractivity contribution in [1.29, 1.82) is 0 Å². The van der Waals surface area contributed by atoms with E-state index in [0.717, 1.165) is 12.1 Å². The van der Waals surface area contributed by atoms with Gasteiger partial charge in [-0.05, 0) is 48.9 Å². The molecule has 0 saturated heterocycles. The van der Waals surface area contributed by atoms with Crippen LogP contribution < -0.4 is 9.47 Å². The molecule has 122 valence electrons. The summed E-state index contributed by atoms with van der Waals surface area (Å²) in [6.45, 7) is 1.70. The summed E-state index contributed by atoms with van der Waals surface area (Å²) in [5.74, 6) is -0.181. The van der Waals surface area contributed by atoms with Gasteiger partial charge in [-0.1, -0.05) is 23.2 Å². The Bertz CT molecular complexity index is 745. The Morgan fingerprint density at radius 3 is 2.00 bits per heavy atom. The highest BCUT2D eigenvalue weighted by atomic mass is 35.5. The third kappa shape index (κ3) is 4.53. The first kappa shape index (κ1) is 17.4. The van der Waals surface area contributed by atoms with Crippen molar-refractivity contribution in [2.45, 2.75) is 13.1 Å². The molecule has 23 heavy (non-hydrogen) atoms. The predicted octanol–water partition coefficient (Wildman–Crippen LogP) is 5.90. The molecule has 2 aromatic rings. The molecule has 0 amide bonds. The molecule has 0 saturated carbocycles. The minimum atomic E-state index is -4.66. The maximum Gasteiger partial charge on any atom is 0.519 e. The lowest BCUT2D eigenvalue weighted by atomic mass is 10.2. The van der Waals surface area contributed by atoms with E-state index >= 15 is 0 Å². The van der Waals surface area contributed by atoms with Crippen molar-refractivity contribution in [2.75, 3.05) is 0 Å². The van der Waals surface area contributed by atoms with Crippen LogP contribution in [0, 0.1) is 6.92 Å². The maximum absolute atomic E-state index is 12.7. The number of hydrogen-bond donors (Lipinski definition) is 0. The fourth-order valence-corrected chi connectivity index (χ4v) is 2.02. The molecule has 0 aromatic heterocycles. The topological polar surface area (TPSA) is 35.5 Å². The zero-order valence-electron chi connectivity index (χ0n) is 11.6. The van der Waals surface area contributed by atoms with Gasteiger partial charge in [0.1, 0.15) is 11.5 Å². The minimum Gasteiger partial charge on any atom is -0.395 e. The first-order chi connectivity index (χ1) is 10.7. The second-order valence-electron chi connectivity index (χ2n) is 4.50. The van der Waals surface area contributed by atoms with Gasteiger partial charge in [0.2, 0.25) is 0 Å². The Morgan fingerprint density at radius 2 is 1.48 bits per heavy atom. The van der Waals surface area contributed by atoms with E-state index in [2.05, 4.69) is 0 Å². The molecule has 2 rings (SSSR count). The van der Waals surface area contributed by atoms with Crippen molar-refractivity contribution in [1.82, 2.24) is 0 Å². The van der Waals surface area contributed by atoms with Gasteiger partial charge in [-0.25, -0.2) is 4.79 Å². The summed E-state index contributed by atoms with van der Waals surface area (Å²) in [5, 5.41) is -0.00946. The van der Waals surface area contributed by atoms with Gasteiger partial charge >= 0.3 is 12.3 Å². The zero-order valence-corrected chi connectivity index (χ0v) is 13.1. The summed E-state index contributed by atoms with van der Waals surface area (Å²) < 4.78 is 47.8. The first-order valence-electron chi connectivity index (χ1n) is 6.19. The number of carbonyl (C=O) groups is 1. The molecule has 0 aliphatic rings. The van der Waals surface area contributed by atoms with Crippen LogP contribution in [0.5, 0.6) is 11.5 Å². The second kappa shape index (κ2) is 6.68. The standard InChI is InChI=1S/C15H9Cl2F3O3/c1-8-6-9(2-4-12(8)16)22-14(21)23-10-3-5-13(17)11(7-10)15(18,19)20/h2-7H,1H3. The smallest absolute Gasteiger partial charge is 0.395 e. The molecule has 0 fully saturated rings. The van der Waals surface area contributed by atoms with Crippen molar-refractivity contribution in [2.24, 2.45) is 0 Å². The Balaban J connectivity index is 2.12. The van der Waals surface area contributed by atoms with E-state index in [9.17, 15) is 18.0 Å². The molecule has 8 heteroatoms. The molecule has 0 bridgehead atoms.